The number of aromatic nitrogens is 4. The molecule has 7 heteroatoms. The average molecular weight is 266 g/mol. The van der Waals surface area contributed by atoms with Crippen molar-refractivity contribution >= 4 is 11.2 Å². The van der Waals surface area contributed by atoms with E-state index in [-0.39, 0.29) is 18.0 Å². The third-order valence-electron chi connectivity index (χ3n) is 3.09. The van der Waals surface area contributed by atoms with Crippen LogP contribution in [0.2, 0.25) is 0 Å². The van der Waals surface area contributed by atoms with Gasteiger partial charge in [0.15, 0.2) is 11.2 Å². The number of rotatable bonds is 5. The molecule has 0 N–H and O–H groups in total. The van der Waals surface area contributed by atoms with E-state index in [9.17, 15) is 9.59 Å². The molecule has 2 aromatic heterocycles. The van der Waals surface area contributed by atoms with Crippen molar-refractivity contribution in [3.8, 4) is 0 Å². The third kappa shape index (κ3) is 2.33. The van der Waals surface area contributed by atoms with Crippen molar-refractivity contribution in [1.29, 1.82) is 0 Å². The molecule has 0 aromatic carbocycles. The second kappa shape index (κ2) is 5.40. The van der Waals surface area contributed by atoms with Crippen LogP contribution in [0.25, 0.3) is 11.2 Å². The van der Waals surface area contributed by atoms with E-state index < -0.39 is 0 Å². The van der Waals surface area contributed by atoms with Gasteiger partial charge in [-0.15, -0.1) is 0 Å². The molecule has 0 bridgehead atoms. The lowest BCUT2D eigenvalue weighted by Gasteiger charge is -2.07. The van der Waals surface area contributed by atoms with Crippen LogP contribution in [0.15, 0.2) is 15.9 Å². The molecule has 2 aromatic rings. The average Bonchev–Trinajstić information content (AvgIpc) is 2.83. The van der Waals surface area contributed by atoms with Crippen LogP contribution in [0.3, 0.4) is 0 Å². The SMILES string of the molecule is CCCCOCn1cnc2c1c(=O)n(C)c(=O)n2C. The minimum Gasteiger partial charge on any atom is -0.361 e. The van der Waals surface area contributed by atoms with E-state index >= 15 is 0 Å². The van der Waals surface area contributed by atoms with Crippen molar-refractivity contribution in [2.75, 3.05) is 6.61 Å². The van der Waals surface area contributed by atoms with E-state index in [4.69, 9.17) is 4.74 Å². The largest absolute Gasteiger partial charge is 0.361 e. The van der Waals surface area contributed by atoms with Gasteiger partial charge in [0.25, 0.3) is 5.56 Å². The van der Waals surface area contributed by atoms with E-state index in [0.29, 0.717) is 17.8 Å². The van der Waals surface area contributed by atoms with Gasteiger partial charge in [0.05, 0.1) is 6.33 Å². The van der Waals surface area contributed by atoms with E-state index in [0.717, 1.165) is 17.4 Å². The smallest absolute Gasteiger partial charge is 0.332 e. The zero-order valence-electron chi connectivity index (χ0n) is 11.4. The van der Waals surface area contributed by atoms with Crippen LogP contribution in [0, 0.1) is 0 Å². The summed E-state index contributed by atoms with van der Waals surface area (Å²) in [5.74, 6) is 0. The number of hydrogen-bond donors (Lipinski definition) is 0. The Kier molecular flexibility index (Phi) is 3.84. The van der Waals surface area contributed by atoms with Gasteiger partial charge in [0, 0.05) is 20.7 Å². The minimum atomic E-state index is -0.380. The molecule has 0 fully saturated rings. The highest BCUT2D eigenvalue weighted by molar-refractivity contribution is 5.69. The second-order valence-corrected chi connectivity index (χ2v) is 4.48. The first-order valence-electron chi connectivity index (χ1n) is 6.26. The summed E-state index contributed by atoms with van der Waals surface area (Å²) < 4.78 is 9.55. The summed E-state index contributed by atoms with van der Waals surface area (Å²) in [6, 6.07) is 0. The molecule has 0 atom stereocenters. The normalized spacial score (nSPS) is 11.3. The summed E-state index contributed by atoms with van der Waals surface area (Å²) in [6.07, 6.45) is 3.56. The molecule has 2 heterocycles. The molecule has 0 saturated heterocycles. The van der Waals surface area contributed by atoms with Crippen molar-refractivity contribution in [2.45, 2.75) is 26.5 Å². The maximum Gasteiger partial charge on any atom is 0.332 e. The molecular weight excluding hydrogens is 248 g/mol. The van der Waals surface area contributed by atoms with E-state index in [1.54, 1.807) is 11.6 Å². The predicted octanol–water partition coefficient (Wildman–Crippen LogP) is 0.208. The Morgan fingerprint density at radius 1 is 1.26 bits per heavy atom. The Labute approximate surface area is 110 Å². The topological polar surface area (TPSA) is 71.1 Å². The molecule has 0 saturated carbocycles. The van der Waals surface area contributed by atoms with Crippen molar-refractivity contribution in [3.05, 3.63) is 27.2 Å². The zero-order chi connectivity index (χ0) is 14.0. The highest BCUT2D eigenvalue weighted by atomic mass is 16.5. The van der Waals surface area contributed by atoms with Gasteiger partial charge < -0.3 is 9.30 Å². The number of imidazole rings is 1. The first-order chi connectivity index (χ1) is 9.07. The van der Waals surface area contributed by atoms with Crippen molar-refractivity contribution < 1.29 is 4.74 Å². The molecule has 0 radical (unpaired) electrons. The number of aryl methyl sites for hydroxylation is 1. The second-order valence-electron chi connectivity index (χ2n) is 4.48. The van der Waals surface area contributed by atoms with Gasteiger partial charge in [-0.2, -0.15) is 0 Å². The van der Waals surface area contributed by atoms with E-state index in [1.807, 2.05) is 0 Å². The van der Waals surface area contributed by atoms with Crippen LogP contribution in [0.4, 0.5) is 0 Å². The Bertz CT molecular complexity index is 695. The van der Waals surface area contributed by atoms with Crippen LogP contribution < -0.4 is 11.2 Å². The summed E-state index contributed by atoms with van der Waals surface area (Å²) in [7, 11) is 3.05. The van der Waals surface area contributed by atoms with Crippen molar-refractivity contribution in [3.63, 3.8) is 0 Å². The van der Waals surface area contributed by atoms with Crippen LogP contribution in [-0.2, 0) is 25.6 Å². The number of hydrogen-bond acceptors (Lipinski definition) is 4. The quantitative estimate of drug-likeness (QED) is 0.725. The van der Waals surface area contributed by atoms with E-state index in [2.05, 4.69) is 11.9 Å². The molecule has 0 aliphatic rings. The molecule has 0 amide bonds. The fourth-order valence-corrected chi connectivity index (χ4v) is 1.90. The Morgan fingerprint density at radius 3 is 2.68 bits per heavy atom. The van der Waals surface area contributed by atoms with Gasteiger partial charge in [-0.3, -0.25) is 13.9 Å². The van der Waals surface area contributed by atoms with Gasteiger partial charge in [-0.05, 0) is 6.42 Å². The minimum absolute atomic E-state index is 0.268. The molecular formula is C12H18N4O3. The monoisotopic (exact) mass is 266 g/mol. The summed E-state index contributed by atoms with van der Waals surface area (Å²) in [5, 5.41) is 0. The van der Waals surface area contributed by atoms with Gasteiger partial charge in [-0.1, -0.05) is 13.3 Å². The third-order valence-corrected chi connectivity index (χ3v) is 3.09. The van der Waals surface area contributed by atoms with Crippen molar-refractivity contribution in [1.82, 2.24) is 18.7 Å². The summed E-state index contributed by atoms with van der Waals surface area (Å²) in [4.78, 5) is 28.0. The standard InChI is InChI=1S/C12H18N4O3/c1-4-5-6-19-8-16-7-13-10-9(16)11(17)15(3)12(18)14(10)2/h7H,4-6,8H2,1-3H3. The van der Waals surface area contributed by atoms with Crippen LogP contribution in [-0.4, -0.2) is 25.3 Å². The highest BCUT2D eigenvalue weighted by Gasteiger charge is 2.13. The van der Waals surface area contributed by atoms with Crippen LogP contribution >= 0.6 is 0 Å². The zero-order valence-corrected chi connectivity index (χ0v) is 11.4. The first kappa shape index (κ1) is 13.5. The molecule has 7 nitrogen and oxygen atoms in total. The van der Waals surface area contributed by atoms with Gasteiger partial charge in [-0.25, -0.2) is 9.78 Å². The number of nitrogens with zero attached hydrogens (tertiary/aromatic N) is 4. The Morgan fingerprint density at radius 2 is 2.00 bits per heavy atom. The van der Waals surface area contributed by atoms with E-state index in [1.165, 1.54) is 17.9 Å². The van der Waals surface area contributed by atoms with Crippen molar-refractivity contribution in [2.24, 2.45) is 14.1 Å². The summed E-state index contributed by atoms with van der Waals surface area (Å²) in [6.45, 7) is 2.99. The highest BCUT2D eigenvalue weighted by Crippen LogP contribution is 2.05. The molecule has 0 aliphatic carbocycles. The lowest BCUT2D eigenvalue weighted by molar-refractivity contribution is 0.0771. The van der Waals surface area contributed by atoms with Crippen LogP contribution in [0.5, 0.6) is 0 Å². The maximum absolute atomic E-state index is 12.1. The fraction of sp³-hybridized carbons (Fsp3) is 0.583. The molecule has 0 unspecified atom stereocenters. The van der Waals surface area contributed by atoms with Gasteiger partial charge >= 0.3 is 5.69 Å². The number of fused-ring (bicyclic) bond motifs is 1. The molecule has 0 spiro atoms. The lowest BCUT2D eigenvalue weighted by atomic mass is 10.4. The van der Waals surface area contributed by atoms with Gasteiger partial charge in [0.2, 0.25) is 0 Å². The summed E-state index contributed by atoms with van der Waals surface area (Å²) in [5.41, 5.74) is 0.0395. The first-order valence-corrected chi connectivity index (χ1v) is 6.26. The molecule has 19 heavy (non-hydrogen) atoms. The number of unbranched alkanes of at least 4 members (excludes halogenated alkanes) is 1. The fourth-order valence-electron chi connectivity index (χ4n) is 1.90. The lowest BCUT2D eigenvalue weighted by Crippen LogP contribution is -2.37. The predicted molar refractivity (Wildman–Crippen MR) is 71.1 cm³/mol. The molecule has 0 aliphatic heterocycles. The maximum atomic E-state index is 12.1. The molecule has 2 rings (SSSR count). The Hall–Kier alpha value is -1.89. The van der Waals surface area contributed by atoms with Crippen LogP contribution in [0.1, 0.15) is 19.8 Å². The summed E-state index contributed by atoms with van der Waals surface area (Å²) >= 11 is 0. The molecule has 104 valence electrons. The Balaban J connectivity index is 2.43. The van der Waals surface area contributed by atoms with Gasteiger partial charge in [0.1, 0.15) is 6.73 Å². The number of ether oxygens (including phenoxy) is 1.